The third-order valence-electron chi connectivity index (χ3n) is 8.67. The molecule has 0 N–H and O–H groups in total. The molecule has 0 bridgehead atoms. The number of benzene rings is 4. The Balaban J connectivity index is 0.000000216. The van der Waals surface area contributed by atoms with Crippen LogP contribution in [0, 0.1) is 27.7 Å². The molecule has 0 aliphatic carbocycles. The van der Waals surface area contributed by atoms with Gasteiger partial charge in [-0.15, -0.1) is 69.1 Å². The van der Waals surface area contributed by atoms with Crippen LogP contribution in [-0.4, -0.2) is 9.52 Å². The van der Waals surface area contributed by atoms with Gasteiger partial charge in [0.1, 0.15) is 0 Å². The minimum absolute atomic E-state index is 0. The number of fused-ring (bicyclic) bond motifs is 2. The van der Waals surface area contributed by atoms with E-state index in [1.807, 2.05) is 0 Å². The average molecular weight is 759 g/mol. The summed E-state index contributed by atoms with van der Waals surface area (Å²) < 4.78 is 0. The van der Waals surface area contributed by atoms with E-state index in [2.05, 4.69) is 166 Å². The summed E-state index contributed by atoms with van der Waals surface area (Å²) in [5, 5.41) is 5.47. The van der Waals surface area contributed by atoms with Gasteiger partial charge in [0.25, 0.3) is 0 Å². The minimum Gasteiger partial charge on any atom is -0.164 e. The SMILES string of the molecule is C[Si]C.Cc1cccc(-c2cccc3[cH-]c(C(C)C)cc23)c1C.Cc1cccc(-c2cccc3[cH-]c(C(C)C)cc23)c1C.[Hf]. The van der Waals surface area contributed by atoms with Gasteiger partial charge in [0.15, 0.2) is 0 Å². The summed E-state index contributed by atoms with van der Waals surface area (Å²) in [6.45, 7) is 22.1. The van der Waals surface area contributed by atoms with Crippen molar-refractivity contribution in [2.45, 2.75) is 80.3 Å². The third-order valence-corrected chi connectivity index (χ3v) is 8.67. The Bertz CT molecular complexity index is 1680. The van der Waals surface area contributed by atoms with Crippen molar-refractivity contribution >= 4 is 31.1 Å². The summed E-state index contributed by atoms with van der Waals surface area (Å²) in [7, 11) is 1.08. The van der Waals surface area contributed by atoms with Crippen LogP contribution in [0.1, 0.15) is 72.9 Å². The quantitative estimate of drug-likeness (QED) is 0.124. The zero-order chi connectivity index (χ0) is 31.3. The van der Waals surface area contributed by atoms with Crippen molar-refractivity contribution in [2.75, 3.05) is 0 Å². The van der Waals surface area contributed by atoms with Crippen molar-refractivity contribution in [2.24, 2.45) is 0 Å². The molecular weight excluding hydrogens is 711 g/mol. The van der Waals surface area contributed by atoms with Crippen molar-refractivity contribution in [3.63, 3.8) is 0 Å². The van der Waals surface area contributed by atoms with Crippen molar-refractivity contribution in [3.8, 4) is 22.3 Å². The summed E-state index contributed by atoms with van der Waals surface area (Å²) in [5.41, 5.74) is 13.8. The summed E-state index contributed by atoms with van der Waals surface area (Å²) >= 11 is 0. The molecule has 2 radical (unpaired) electrons. The van der Waals surface area contributed by atoms with Gasteiger partial charge in [0.2, 0.25) is 0 Å². The third kappa shape index (κ3) is 7.87. The van der Waals surface area contributed by atoms with Crippen LogP contribution in [-0.2, 0) is 25.8 Å². The first-order valence-electron chi connectivity index (χ1n) is 15.7. The number of hydrogen-bond donors (Lipinski definition) is 0. The molecule has 0 unspecified atom stereocenters. The van der Waals surface area contributed by atoms with Crippen LogP contribution in [0.5, 0.6) is 0 Å². The Morgan fingerprint density at radius 2 is 0.818 bits per heavy atom. The molecule has 0 atom stereocenters. The number of aryl methyl sites for hydroxylation is 2. The van der Waals surface area contributed by atoms with E-state index in [9.17, 15) is 0 Å². The fourth-order valence-corrected chi connectivity index (χ4v) is 5.74. The topological polar surface area (TPSA) is 0 Å². The molecule has 0 nitrogen and oxygen atoms in total. The summed E-state index contributed by atoms with van der Waals surface area (Å²) in [4.78, 5) is 0. The summed E-state index contributed by atoms with van der Waals surface area (Å²) in [6.07, 6.45) is 0. The molecule has 0 saturated heterocycles. The fraction of sp³-hybridized carbons (Fsp3) is 0.286. The predicted octanol–water partition coefficient (Wildman–Crippen LogP) is 12.7. The normalized spacial score (nSPS) is 10.8. The van der Waals surface area contributed by atoms with E-state index in [0.717, 1.165) is 9.52 Å². The molecule has 2 heteroatoms. The maximum absolute atomic E-state index is 2.36. The Hall–Kier alpha value is -2.81. The molecule has 0 amide bonds. The van der Waals surface area contributed by atoms with Crippen molar-refractivity contribution in [3.05, 3.63) is 130 Å². The first-order chi connectivity index (χ1) is 20.6. The van der Waals surface area contributed by atoms with E-state index in [1.54, 1.807) is 0 Å². The minimum atomic E-state index is 0. The molecule has 6 rings (SSSR count). The van der Waals surface area contributed by atoms with E-state index in [0.29, 0.717) is 11.8 Å². The van der Waals surface area contributed by atoms with Crippen LogP contribution in [0.2, 0.25) is 13.1 Å². The van der Waals surface area contributed by atoms with Crippen molar-refractivity contribution < 1.29 is 25.8 Å². The van der Waals surface area contributed by atoms with Crippen LogP contribution in [0.4, 0.5) is 0 Å². The van der Waals surface area contributed by atoms with Crippen molar-refractivity contribution in [1.29, 1.82) is 0 Å². The maximum atomic E-state index is 2.36. The van der Waals surface area contributed by atoms with Gasteiger partial charge >= 0.3 is 0 Å². The average Bonchev–Trinajstić information content (AvgIpc) is 3.62. The molecule has 0 fully saturated rings. The zero-order valence-corrected chi connectivity index (χ0v) is 33.0. The number of hydrogen-bond acceptors (Lipinski definition) is 0. The molecule has 0 aliphatic heterocycles. The van der Waals surface area contributed by atoms with Crippen LogP contribution in [0.15, 0.2) is 97.1 Å². The molecule has 0 aliphatic rings. The fourth-order valence-electron chi connectivity index (χ4n) is 5.74. The molecule has 44 heavy (non-hydrogen) atoms. The second-order valence-electron chi connectivity index (χ2n) is 12.5. The van der Waals surface area contributed by atoms with Gasteiger partial charge in [-0.3, -0.25) is 0 Å². The smallest absolute Gasteiger partial charge is 0.0307 e. The molecule has 0 saturated carbocycles. The zero-order valence-electron chi connectivity index (χ0n) is 28.4. The molecule has 226 valence electrons. The van der Waals surface area contributed by atoms with Crippen LogP contribution >= 0.6 is 0 Å². The first kappa shape index (κ1) is 35.7. The van der Waals surface area contributed by atoms with E-state index < -0.39 is 0 Å². The number of rotatable bonds is 4. The standard InChI is InChI=1S/2C20H21.C2H6Si.Hf/c2*1-13(2)17-11-16-8-6-10-19(20(16)12-17)18-9-5-7-14(3)15(18)4;1-3-2;/h2*5-13H,1-4H3;1-2H3;/q2*-1;;. The van der Waals surface area contributed by atoms with Gasteiger partial charge in [0.05, 0.1) is 0 Å². The van der Waals surface area contributed by atoms with Gasteiger partial charge in [-0.25, -0.2) is 0 Å². The van der Waals surface area contributed by atoms with E-state index in [4.69, 9.17) is 0 Å². The summed E-state index contributed by atoms with van der Waals surface area (Å²) in [5.74, 6) is 1.16. The summed E-state index contributed by atoms with van der Waals surface area (Å²) in [6, 6.07) is 35.8. The Kier molecular flexibility index (Phi) is 12.9. The second kappa shape index (κ2) is 16.0. The Labute approximate surface area is 288 Å². The molecular formula is C42H48HfSi-2. The largest absolute Gasteiger partial charge is 0.164 e. The van der Waals surface area contributed by atoms with Crippen LogP contribution in [0.3, 0.4) is 0 Å². The molecule has 6 aromatic rings. The van der Waals surface area contributed by atoms with Gasteiger partial charge in [0, 0.05) is 35.4 Å². The van der Waals surface area contributed by atoms with E-state index >= 15 is 0 Å². The van der Waals surface area contributed by atoms with Crippen LogP contribution < -0.4 is 0 Å². The van der Waals surface area contributed by atoms with Gasteiger partial charge in [-0.2, -0.15) is 12.1 Å². The van der Waals surface area contributed by atoms with Crippen molar-refractivity contribution in [1.82, 2.24) is 0 Å². The van der Waals surface area contributed by atoms with Gasteiger partial charge < -0.3 is 0 Å². The Morgan fingerprint density at radius 1 is 0.500 bits per heavy atom. The Morgan fingerprint density at radius 3 is 1.16 bits per heavy atom. The van der Waals surface area contributed by atoms with Gasteiger partial charge in [-0.1, -0.05) is 100 Å². The van der Waals surface area contributed by atoms with E-state index in [1.165, 1.54) is 77.2 Å². The first-order valence-corrected chi connectivity index (χ1v) is 17.7. The molecule has 0 aromatic heterocycles. The maximum Gasteiger partial charge on any atom is 0.0307 e. The monoisotopic (exact) mass is 760 g/mol. The van der Waals surface area contributed by atoms with E-state index in [-0.39, 0.29) is 25.8 Å². The van der Waals surface area contributed by atoms with Crippen LogP contribution in [0.25, 0.3) is 43.8 Å². The predicted molar refractivity (Wildman–Crippen MR) is 195 cm³/mol. The van der Waals surface area contributed by atoms with Gasteiger partial charge in [-0.05, 0) is 72.9 Å². The molecule has 0 spiro atoms. The second-order valence-corrected chi connectivity index (χ2v) is 13.5. The molecule has 0 heterocycles. The molecule has 6 aromatic carbocycles.